The number of hydrogen-bond acceptors (Lipinski definition) is 4. The van der Waals surface area contributed by atoms with Crippen molar-refractivity contribution in [1.29, 1.82) is 0 Å². The average Bonchev–Trinajstić information content (AvgIpc) is 2.69. The van der Waals surface area contributed by atoms with Crippen molar-refractivity contribution in [3.63, 3.8) is 0 Å². The Kier molecular flexibility index (Phi) is 4.94. The molecule has 2 heterocycles. The van der Waals surface area contributed by atoms with Gasteiger partial charge in [-0.2, -0.15) is 0 Å². The summed E-state index contributed by atoms with van der Waals surface area (Å²) in [5.41, 5.74) is 1.29. The van der Waals surface area contributed by atoms with Crippen molar-refractivity contribution >= 4 is 22.8 Å². The third kappa shape index (κ3) is 3.66. The number of fused-ring (bicyclic) bond motifs is 1. The second kappa shape index (κ2) is 7.56. The fourth-order valence-corrected chi connectivity index (χ4v) is 3.58. The summed E-state index contributed by atoms with van der Waals surface area (Å²) in [4.78, 5) is 30.2. The van der Waals surface area contributed by atoms with Gasteiger partial charge in [-0.05, 0) is 6.07 Å². The normalized spacial score (nSPS) is 14.8. The molecule has 148 valence electrons. The zero-order chi connectivity index (χ0) is 20.5. The Hall–Kier alpha value is -3.39. The quantitative estimate of drug-likeness (QED) is 0.708. The molecule has 0 unspecified atom stereocenters. The number of carbonyl (C=O) groups is 2. The first kappa shape index (κ1) is 18.9. The molecule has 0 radical (unpaired) electrons. The van der Waals surface area contributed by atoms with E-state index in [9.17, 15) is 23.5 Å². The van der Waals surface area contributed by atoms with Gasteiger partial charge in [0, 0.05) is 42.2 Å². The molecule has 0 spiro atoms. The van der Waals surface area contributed by atoms with Gasteiger partial charge in [-0.3, -0.25) is 9.69 Å². The van der Waals surface area contributed by atoms with Crippen LogP contribution in [-0.4, -0.2) is 46.5 Å². The van der Waals surface area contributed by atoms with Crippen molar-refractivity contribution in [2.45, 2.75) is 6.54 Å². The summed E-state index contributed by atoms with van der Waals surface area (Å²) < 4.78 is 27.7. The molecule has 1 aliphatic heterocycles. The Labute approximate surface area is 164 Å². The monoisotopic (exact) mass is 397 g/mol. The van der Waals surface area contributed by atoms with E-state index in [1.54, 1.807) is 29.2 Å². The van der Waals surface area contributed by atoms with Crippen molar-refractivity contribution in [2.24, 2.45) is 0 Å². The zero-order valence-corrected chi connectivity index (χ0v) is 15.3. The van der Waals surface area contributed by atoms with E-state index in [0.717, 1.165) is 12.1 Å². The highest BCUT2D eigenvalue weighted by atomic mass is 19.2. The number of pyridine rings is 1. The molecule has 2 aromatic carbocycles. The number of aromatic carboxylic acids is 1. The van der Waals surface area contributed by atoms with Crippen molar-refractivity contribution in [1.82, 2.24) is 15.2 Å². The molecule has 1 saturated heterocycles. The Balaban J connectivity index is 1.98. The summed E-state index contributed by atoms with van der Waals surface area (Å²) in [5, 5.41) is 12.7. The lowest BCUT2D eigenvalue weighted by atomic mass is 9.96. The Morgan fingerprint density at radius 2 is 1.90 bits per heavy atom. The van der Waals surface area contributed by atoms with Crippen LogP contribution in [0.3, 0.4) is 0 Å². The summed E-state index contributed by atoms with van der Waals surface area (Å²) in [6.45, 7) is 1.24. The van der Waals surface area contributed by atoms with Crippen LogP contribution in [-0.2, 0) is 11.3 Å². The summed E-state index contributed by atoms with van der Waals surface area (Å²) in [7, 11) is 0. The van der Waals surface area contributed by atoms with E-state index in [0.29, 0.717) is 29.9 Å². The van der Waals surface area contributed by atoms with Crippen LogP contribution >= 0.6 is 0 Å². The number of amides is 1. The fourth-order valence-electron chi connectivity index (χ4n) is 3.58. The van der Waals surface area contributed by atoms with Gasteiger partial charge in [0.15, 0.2) is 11.6 Å². The first-order valence-electron chi connectivity index (χ1n) is 9.03. The van der Waals surface area contributed by atoms with E-state index in [1.807, 2.05) is 6.07 Å². The van der Waals surface area contributed by atoms with Crippen LogP contribution in [0.1, 0.15) is 15.9 Å². The molecule has 0 bridgehead atoms. The van der Waals surface area contributed by atoms with Gasteiger partial charge in [0.25, 0.3) is 0 Å². The number of nitrogens with one attached hydrogen (secondary N) is 1. The number of benzene rings is 2. The van der Waals surface area contributed by atoms with Gasteiger partial charge >= 0.3 is 5.97 Å². The number of piperazine rings is 1. The molecule has 8 heteroatoms. The van der Waals surface area contributed by atoms with Gasteiger partial charge in [0.1, 0.15) is 0 Å². The van der Waals surface area contributed by atoms with E-state index in [4.69, 9.17) is 0 Å². The number of hydrogen-bond donors (Lipinski definition) is 2. The summed E-state index contributed by atoms with van der Waals surface area (Å²) in [5.74, 6) is -3.66. The first-order valence-corrected chi connectivity index (χ1v) is 9.03. The highest BCUT2D eigenvalue weighted by Gasteiger charge is 2.26. The third-order valence-corrected chi connectivity index (χ3v) is 4.89. The number of aromatic nitrogens is 1. The van der Waals surface area contributed by atoms with Crippen LogP contribution in [0, 0.1) is 11.6 Å². The lowest BCUT2D eigenvalue weighted by Gasteiger charge is -2.28. The smallest absolute Gasteiger partial charge is 0.336 e. The standard InChI is InChI=1S/C21H17F2N3O3/c22-15-8-13-17(9-16(15)23)25-20(12-4-2-1-3-5-12)14(19(13)21(28)29)10-26-7-6-24-18(27)11-26/h1-5,8-9H,6-7,10-11H2,(H,24,27)(H,28,29). The van der Waals surface area contributed by atoms with Crippen LogP contribution in [0.25, 0.3) is 22.2 Å². The molecule has 0 atom stereocenters. The molecule has 4 rings (SSSR count). The van der Waals surface area contributed by atoms with Crippen LogP contribution in [0.15, 0.2) is 42.5 Å². The molecule has 0 saturated carbocycles. The van der Waals surface area contributed by atoms with Gasteiger partial charge in [0.05, 0.1) is 23.3 Å². The van der Waals surface area contributed by atoms with Gasteiger partial charge < -0.3 is 10.4 Å². The maximum atomic E-state index is 13.9. The van der Waals surface area contributed by atoms with Gasteiger partial charge in [-0.15, -0.1) is 0 Å². The van der Waals surface area contributed by atoms with E-state index < -0.39 is 17.6 Å². The van der Waals surface area contributed by atoms with Gasteiger partial charge in [-0.25, -0.2) is 18.6 Å². The van der Waals surface area contributed by atoms with Crippen LogP contribution in [0.4, 0.5) is 8.78 Å². The van der Waals surface area contributed by atoms with E-state index in [1.165, 1.54) is 0 Å². The molecule has 6 nitrogen and oxygen atoms in total. The largest absolute Gasteiger partial charge is 0.478 e. The average molecular weight is 397 g/mol. The Morgan fingerprint density at radius 3 is 2.59 bits per heavy atom. The molecular formula is C21H17F2N3O3. The summed E-state index contributed by atoms with van der Waals surface area (Å²) in [6.07, 6.45) is 0. The number of carbonyl (C=O) groups excluding carboxylic acids is 1. The van der Waals surface area contributed by atoms with E-state index in [2.05, 4.69) is 10.3 Å². The number of rotatable bonds is 4. The minimum Gasteiger partial charge on any atom is -0.478 e. The maximum Gasteiger partial charge on any atom is 0.336 e. The number of carboxylic acid groups (broad SMARTS) is 1. The van der Waals surface area contributed by atoms with Crippen molar-refractivity contribution in [3.8, 4) is 11.3 Å². The lowest BCUT2D eigenvalue weighted by molar-refractivity contribution is -0.124. The van der Waals surface area contributed by atoms with E-state index in [-0.39, 0.29) is 35.5 Å². The predicted octanol–water partition coefficient (Wildman–Crippen LogP) is 2.81. The molecule has 29 heavy (non-hydrogen) atoms. The third-order valence-electron chi connectivity index (χ3n) is 4.89. The Bertz CT molecular complexity index is 1120. The highest BCUT2D eigenvalue weighted by molar-refractivity contribution is 6.05. The molecule has 1 amide bonds. The number of carboxylic acids is 1. The van der Waals surface area contributed by atoms with Crippen molar-refractivity contribution < 1.29 is 23.5 Å². The van der Waals surface area contributed by atoms with Crippen molar-refractivity contribution in [3.05, 3.63) is 65.2 Å². The lowest BCUT2D eigenvalue weighted by Crippen LogP contribution is -2.47. The molecule has 0 aliphatic carbocycles. The molecule has 3 aromatic rings. The maximum absolute atomic E-state index is 13.9. The SMILES string of the molecule is O=C1CN(Cc2c(-c3ccccc3)nc3cc(F)c(F)cc3c2C(=O)O)CCN1. The molecule has 1 aromatic heterocycles. The van der Waals surface area contributed by atoms with Crippen molar-refractivity contribution in [2.75, 3.05) is 19.6 Å². The first-order chi connectivity index (χ1) is 13.9. The molecule has 2 N–H and O–H groups in total. The zero-order valence-electron chi connectivity index (χ0n) is 15.3. The molecule has 1 fully saturated rings. The van der Waals surface area contributed by atoms with Gasteiger partial charge in [-0.1, -0.05) is 30.3 Å². The minimum atomic E-state index is -1.27. The number of halogens is 2. The highest BCUT2D eigenvalue weighted by Crippen LogP contribution is 2.32. The summed E-state index contributed by atoms with van der Waals surface area (Å²) in [6, 6.07) is 10.7. The van der Waals surface area contributed by atoms with Gasteiger partial charge in [0.2, 0.25) is 5.91 Å². The number of nitrogens with zero attached hydrogens (tertiary/aromatic N) is 2. The second-order valence-corrected chi connectivity index (χ2v) is 6.83. The molecular weight excluding hydrogens is 380 g/mol. The molecule has 1 aliphatic rings. The van der Waals surface area contributed by atoms with Crippen LogP contribution < -0.4 is 5.32 Å². The van der Waals surface area contributed by atoms with E-state index >= 15 is 0 Å². The van der Waals surface area contributed by atoms with Crippen LogP contribution in [0.5, 0.6) is 0 Å². The Morgan fingerprint density at radius 1 is 1.17 bits per heavy atom. The summed E-state index contributed by atoms with van der Waals surface area (Å²) >= 11 is 0. The topological polar surface area (TPSA) is 82.5 Å². The fraction of sp³-hybridized carbons (Fsp3) is 0.190. The second-order valence-electron chi connectivity index (χ2n) is 6.83. The predicted molar refractivity (Wildman–Crippen MR) is 102 cm³/mol. The minimum absolute atomic E-state index is 0.0209. The van der Waals surface area contributed by atoms with Crippen LogP contribution in [0.2, 0.25) is 0 Å².